The van der Waals surface area contributed by atoms with Crippen LogP contribution in [-0.2, 0) is 0 Å². The van der Waals surface area contributed by atoms with E-state index in [1.807, 2.05) is 52.0 Å². The summed E-state index contributed by atoms with van der Waals surface area (Å²) >= 11 is 0. The van der Waals surface area contributed by atoms with Crippen LogP contribution in [0.2, 0.25) is 0 Å². The van der Waals surface area contributed by atoms with E-state index >= 15 is 0 Å². The molecule has 6 heteroatoms. The maximum Gasteiger partial charge on any atom is 0.292 e. The van der Waals surface area contributed by atoms with Crippen molar-refractivity contribution in [2.75, 3.05) is 11.9 Å². The van der Waals surface area contributed by atoms with Crippen LogP contribution in [0.15, 0.2) is 42.6 Å². The number of aromatic nitrogens is 2. The lowest BCUT2D eigenvalue weighted by Crippen LogP contribution is -2.27. The van der Waals surface area contributed by atoms with Gasteiger partial charge in [0, 0.05) is 18.4 Å². The molecule has 3 rings (SSSR count). The molecule has 2 heterocycles. The van der Waals surface area contributed by atoms with Crippen LogP contribution in [0.5, 0.6) is 0 Å². The number of imidazole rings is 1. The van der Waals surface area contributed by atoms with Gasteiger partial charge in [-0.25, -0.2) is 4.98 Å². The first kappa shape index (κ1) is 18.6. The van der Waals surface area contributed by atoms with E-state index in [2.05, 4.69) is 15.6 Å². The van der Waals surface area contributed by atoms with Crippen molar-refractivity contribution >= 4 is 23.0 Å². The van der Waals surface area contributed by atoms with Crippen LogP contribution < -0.4 is 10.6 Å². The molecule has 0 unspecified atom stereocenters. The third-order valence-corrected chi connectivity index (χ3v) is 4.28. The second-order valence-corrected chi connectivity index (χ2v) is 7.12. The number of amides is 2. The van der Waals surface area contributed by atoms with Crippen molar-refractivity contribution < 1.29 is 9.59 Å². The summed E-state index contributed by atoms with van der Waals surface area (Å²) in [5.41, 5.74) is 3.60. The number of carbonyl (C=O) groups is 2. The molecule has 0 spiro atoms. The largest absolute Gasteiger partial charge is 0.350 e. The molecular weight excluding hydrogens is 340 g/mol. The Morgan fingerprint density at radius 2 is 1.89 bits per heavy atom. The minimum absolute atomic E-state index is 0.182. The van der Waals surface area contributed by atoms with E-state index in [1.54, 1.807) is 22.7 Å². The van der Waals surface area contributed by atoms with Gasteiger partial charge in [-0.2, -0.15) is 0 Å². The zero-order valence-electron chi connectivity index (χ0n) is 16.0. The Hall–Kier alpha value is -3.15. The highest BCUT2D eigenvalue weighted by atomic mass is 16.2. The van der Waals surface area contributed by atoms with Crippen molar-refractivity contribution in [1.29, 1.82) is 0 Å². The van der Waals surface area contributed by atoms with E-state index in [-0.39, 0.29) is 23.3 Å². The van der Waals surface area contributed by atoms with Gasteiger partial charge in [0.1, 0.15) is 0 Å². The van der Waals surface area contributed by atoms with Gasteiger partial charge in [-0.15, -0.1) is 0 Å². The molecule has 0 fully saturated rings. The lowest BCUT2D eigenvalue weighted by molar-refractivity contribution is 0.0946. The highest BCUT2D eigenvalue weighted by molar-refractivity contribution is 6.06. The maximum absolute atomic E-state index is 12.9. The number of benzene rings is 1. The highest BCUT2D eigenvalue weighted by Gasteiger charge is 2.21. The molecule has 0 radical (unpaired) electrons. The molecule has 1 aromatic carbocycles. The second-order valence-electron chi connectivity index (χ2n) is 7.12. The third-order valence-electron chi connectivity index (χ3n) is 4.28. The minimum atomic E-state index is -0.354. The van der Waals surface area contributed by atoms with E-state index in [4.69, 9.17) is 0 Å². The fourth-order valence-electron chi connectivity index (χ4n) is 2.79. The molecule has 0 bridgehead atoms. The summed E-state index contributed by atoms with van der Waals surface area (Å²) in [6.07, 6.45) is 1.74. The molecule has 0 aliphatic heterocycles. The topological polar surface area (TPSA) is 75.5 Å². The van der Waals surface area contributed by atoms with Crippen molar-refractivity contribution in [2.24, 2.45) is 5.92 Å². The van der Waals surface area contributed by atoms with Gasteiger partial charge in [0.15, 0.2) is 5.69 Å². The average molecular weight is 364 g/mol. The van der Waals surface area contributed by atoms with Gasteiger partial charge in [-0.05, 0) is 49.1 Å². The second kappa shape index (κ2) is 7.61. The first-order valence-electron chi connectivity index (χ1n) is 9.00. The summed E-state index contributed by atoms with van der Waals surface area (Å²) < 4.78 is 1.64. The molecule has 3 aromatic rings. The van der Waals surface area contributed by atoms with Gasteiger partial charge < -0.3 is 10.6 Å². The Morgan fingerprint density at radius 1 is 1.11 bits per heavy atom. The zero-order chi connectivity index (χ0) is 19.6. The Morgan fingerprint density at radius 3 is 2.63 bits per heavy atom. The van der Waals surface area contributed by atoms with Crippen molar-refractivity contribution in [3.63, 3.8) is 0 Å². The normalized spacial score (nSPS) is 11.0. The molecule has 27 heavy (non-hydrogen) atoms. The summed E-state index contributed by atoms with van der Waals surface area (Å²) in [6, 6.07) is 11.3. The molecule has 0 aliphatic rings. The number of hydrogen-bond acceptors (Lipinski definition) is 3. The third kappa shape index (κ3) is 4.00. The van der Waals surface area contributed by atoms with Crippen LogP contribution in [0.25, 0.3) is 5.52 Å². The molecule has 2 amide bonds. The van der Waals surface area contributed by atoms with Crippen LogP contribution in [0.1, 0.15) is 46.1 Å². The molecule has 0 saturated heterocycles. The summed E-state index contributed by atoms with van der Waals surface area (Å²) in [5.74, 6) is -0.123. The van der Waals surface area contributed by atoms with E-state index in [9.17, 15) is 9.59 Å². The smallest absolute Gasteiger partial charge is 0.292 e. The van der Waals surface area contributed by atoms with Crippen LogP contribution in [0.3, 0.4) is 0 Å². The number of carbonyl (C=O) groups excluding carboxylic acids is 2. The van der Waals surface area contributed by atoms with Crippen LogP contribution in [-0.4, -0.2) is 27.7 Å². The summed E-state index contributed by atoms with van der Waals surface area (Å²) in [4.78, 5) is 29.8. The SMILES string of the molecule is Cc1ccc(C)c(NC(=O)c2nc(C(=O)NCC(C)C)c3ccccn23)c1. The molecule has 0 aliphatic carbocycles. The molecule has 0 atom stereocenters. The molecular formula is C21H24N4O2. The fraction of sp³-hybridized carbons (Fsp3) is 0.286. The Labute approximate surface area is 158 Å². The predicted octanol–water partition coefficient (Wildman–Crippen LogP) is 3.59. The maximum atomic E-state index is 12.9. The number of hydrogen-bond donors (Lipinski definition) is 2. The number of fused-ring (bicyclic) bond motifs is 1. The molecule has 6 nitrogen and oxygen atoms in total. The summed E-state index contributed by atoms with van der Waals surface area (Å²) in [5, 5.41) is 5.77. The molecule has 0 saturated carbocycles. The predicted molar refractivity (Wildman–Crippen MR) is 106 cm³/mol. The van der Waals surface area contributed by atoms with Gasteiger partial charge >= 0.3 is 0 Å². The number of nitrogens with one attached hydrogen (secondary N) is 2. The van der Waals surface area contributed by atoms with Crippen LogP contribution in [0, 0.1) is 19.8 Å². The van der Waals surface area contributed by atoms with Crippen LogP contribution in [0.4, 0.5) is 5.69 Å². The lowest BCUT2D eigenvalue weighted by atomic mass is 10.1. The standard InChI is InChI=1S/C21H24N4O2/c1-13(2)12-22-20(26)18-17-7-5-6-10-25(17)19(24-18)21(27)23-16-11-14(3)8-9-15(16)4/h5-11,13H,12H2,1-4H3,(H,22,26)(H,23,27). The van der Waals surface area contributed by atoms with Gasteiger partial charge in [0.05, 0.1) is 5.52 Å². The molecule has 2 N–H and O–H groups in total. The van der Waals surface area contributed by atoms with E-state index in [0.717, 1.165) is 16.8 Å². The Balaban J connectivity index is 1.95. The Kier molecular flexibility index (Phi) is 5.26. The number of anilines is 1. The molecule has 2 aromatic heterocycles. The fourth-order valence-corrected chi connectivity index (χ4v) is 2.79. The number of rotatable bonds is 5. The van der Waals surface area contributed by atoms with E-state index in [1.165, 1.54) is 0 Å². The lowest BCUT2D eigenvalue weighted by Gasteiger charge is -2.08. The van der Waals surface area contributed by atoms with E-state index < -0.39 is 0 Å². The minimum Gasteiger partial charge on any atom is -0.350 e. The molecule has 140 valence electrons. The van der Waals surface area contributed by atoms with Crippen molar-refractivity contribution in [1.82, 2.24) is 14.7 Å². The van der Waals surface area contributed by atoms with Gasteiger partial charge in [0.25, 0.3) is 11.8 Å². The number of nitrogens with zero attached hydrogens (tertiary/aromatic N) is 2. The van der Waals surface area contributed by atoms with E-state index in [0.29, 0.717) is 18.0 Å². The average Bonchev–Trinajstić information content (AvgIpc) is 3.02. The van der Waals surface area contributed by atoms with Gasteiger partial charge in [-0.3, -0.25) is 14.0 Å². The zero-order valence-corrected chi connectivity index (χ0v) is 16.0. The number of pyridine rings is 1. The summed E-state index contributed by atoms with van der Waals surface area (Å²) in [7, 11) is 0. The van der Waals surface area contributed by atoms with Crippen LogP contribution >= 0.6 is 0 Å². The Bertz CT molecular complexity index is 1000. The monoisotopic (exact) mass is 364 g/mol. The van der Waals surface area contributed by atoms with Gasteiger partial charge in [-0.1, -0.05) is 32.0 Å². The quantitative estimate of drug-likeness (QED) is 0.726. The van der Waals surface area contributed by atoms with Crippen molar-refractivity contribution in [3.8, 4) is 0 Å². The van der Waals surface area contributed by atoms with Crippen molar-refractivity contribution in [2.45, 2.75) is 27.7 Å². The van der Waals surface area contributed by atoms with Gasteiger partial charge in [0.2, 0.25) is 5.82 Å². The summed E-state index contributed by atoms with van der Waals surface area (Å²) in [6.45, 7) is 8.50. The highest BCUT2D eigenvalue weighted by Crippen LogP contribution is 2.19. The van der Waals surface area contributed by atoms with Crippen molar-refractivity contribution in [3.05, 3.63) is 65.2 Å². The number of aryl methyl sites for hydroxylation is 2. The first-order chi connectivity index (χ1) is 12.9. The first-order valence-corrected chi connectivity index (χ1v) is 9.00.